The zero-order chi connectivity index (χ0) is 18.0. The Hall–Kier alpha value is -2.14. The van der Waals surface area contributed by atoms with E-state index in [0.29, 0.717) is 17.1 Å². The fraction of sp³-hybridized carbons (Fsp3) is 0.357. The number of rotatable bonds is 5. The Balaban J connectivity index is 1.60. The van der Waals surface area contributed by atoms with Gasteiger partial charge >= 0.3 is 0 Å². The van der Waals surface area contributed by atoms with Crippen molar-refractivity contribution >= 4 is 27.5 Å². The average molecular weight is 385 g/mol. The number of halogens is 1. The minimum Gasteiger partial charge on any atom is -0.352 e. The molecule has 8 nitrogen and oxygen atoms in total. The number of hydrogen-bond acceptors (Lipinski definition) is 7. The molecule has 0 saturated carbocycles. The van der Waals surface area contributed by atoms with E-state index in [9.17, 15) is 17.6 Å². The summed E-state index contributed by atoms with van der Waals surface area (Å²) in [7, 11) is -3.04. The van der Waals surface area contributed by atoms with Crippen molar-refractivity contribution in [2.24, 2.45) is 0 Å². The van der Waals surface area contributed by atoms with Crippen molar-refractivity contribution in [3.63, 3.8) is 0 Å². The van der Waals surface area contributed by atoms with Gasteiger partial charge < -0.3 is 11.2 Å². The lowest BCUT2D eigenvalue weighted by Crippen LogP contribution is -2.36. The largest absolute Gasteiger partial charge is 0.352 e. The van der Waals surface area contributed by atoms with E-state index in [4.69, 9.17) is 5.84 Å². The van der Waals surface area contributed by atoms with E-state index in [1.165, 1.54) is 22.9 Å². The standard InChI is InChI=1S/C14H16FN5O3S2/c15-10-3-1-2-9(6-10)13-18-19-14(20(13)16)24-7-12(21)17-11-4-5-25(22,23)8-11/h1-3,6,11H,4-5,7-8,16H2,(H,17,21)/t11-/m1/s1. The Kier molecular flexibility index (Phi) is 4.95. The number of thioether (sulfide) groups is 1. The minimum absolute atomic E-state index is 0.0228. The zero-order valence-corrected chi connectivity index (χ0v) is 14.7. The van der Waals surface area contributed by atoms with Gasteiger partial charge in [-0.1, -0.05) is 23.9 Å². The summed E-state index contributed by atoms with van der Waals surface area (Å²) in [5.74, 6) is 5.56. The lowest BCUT2D eigenvalue weighted by molar-refractivity contribution is -0.119. The highest BCUT2D eigenvalue weighted by atomic mass is 32.2. The Morgan fingerprint density at radius 3 is 2.92 bits per heavy atom. The molecule has 134 valence electrons. The maximum absolute atomic E-state index is 13.3. The topological polar surface area (TPSA) is 120 Å². The highest BCUT2D eigenvalue weighted by Crippen LogP contribution is 2.22. The first-order chi connectivity index (χ1) is 11.8. The van der Waals surface area contributed by atoms with Crippen molar-refractivity contribution in [1.29, 1.82) is 0 Å². The van der Waals surface area contributed by atoms with Gasteiger partial charge in [-0.15, -0.1) is 10.2 Å². The third kappa shape index (κ3) is 4.28. The summed E-state index contributed by atoms with van der Waals surface area (Å²) < 4.78 is 37.3. The molecule has 1 saturated heterocycles. The molecule has 2 heterocycles. The van der Waals surface area contributed by atoms with Crippen LogP contribution in [-0.2, 0) is 14.6 Å². The quantitative estimate of drug-likeness (QED) is 0.557. The maximum atomic E-state index is 13.3. The molecule has 1 aromatic heterocycles. The first-order valence-corrected chi connectivity index (χ1v) is 10.2. The van der Waals surface area contributed by atoms with E-state index in [1.54, 1.807) is 6.07 Å². The van der Waals surface area contributed by atoms with Gasteiger partial charge in [0.15, 0.2) is 15.7 Å². The van der Waals surface area contributed by atoms with E-state index in [2.05, 4.69) is 15.5 Å². The summed E-state index contributed by atoms with van der Waals surface area (Å²) in [6.07, 6.45) is 0.426. The number of nitrogens with one attached hydrogen (secondary N) is 1. The molecule has 11 heteroatoms. The lowest BCUT2D eigenvalue weighted by Gasteiger charge is -2.10. The summed E-state index contributed by atoms with van der Waals surface area (Å²) in [4.78, 5) is 11.9. The minimum atomic E-state index is -3.04. The molecule has 0 bridgehead atoms. The van der Waals surface area contributed by atoms with Gasteiger partial charge in [0.2, 0.25) is 11.1 Å². The van der Waals surface area contributed by atoms with E-state index in [-0.39, 0.29) is 35.0 Å². The highest BCUT2D eigenvalue weighted by Gasteiger charge is 2.28. The molecule has 25 heavy (non-hydrogen) atoms. The number of hydrogen-bond donors (Lipinski definition) is 2. The second-order valence-electron chi connectivity index (χ2n) is 5.64. The Morgan fingerprint density at radius 1 is 1.44 bits per heavy atom. The first-order valence-electron chi connectivity index (χ1n) is 7.43. The van der Waals surface area contributed by atoms with E-state index < -0.39 is 15.7 Å². The number of sulfone groups is 1. The molecule has 3 N–H and O–H groups in total. The third-order valence-electron chi connectivity index (χ3n) is 3.68. The molecule has 2 aromatic rings. The van der Waals surface area contributed by atoms with Crippen molar-refractivity contribution in [1.82, 2.24) is 20.2 Å². The van der Waals surface area contributed by atoms with Crippen molar-refractivity contribution in [2.75, 3.05) is 23.1 Å². The number of nitrogens with two attached hydrogens (primary N) is 1. The summed E-state index contributed by atoms with van der Waals surface area (Å²) in [6.45, 7) is 0. The van der Waals surface area contributed by atoms with Crippen molar-refractivity contribution in [3.05, 3.63) is 30.1 Å². The summed E-state index contributed by atoms with van der Waals surface area (Å²) in [5.41, 5.74) is 0.475. The molecule has 1 aromatic carbocycles. The smallest absolute Gasteiger partial charge is 0.230 e. The van der Waals surface area contributed by atoms with Crippen LogP contribution in [0.25, 0.3) is 11.4 Å². The van der Waals surface area contributed by atoms with Crippen LogP contribution in [0, 0.1) is 5.82 Å². The second-order valence-corrected chi connectivity index (χ2v) is 8.81. The van der Waals surface area contributed by atoms with Gasteiger partial charge in [-0.3, -0.25) is 4.79 Å². The van der Waals surface area contributed by atoms with Crippen LogP contribution in [0.4, 0.5) is 4.39 Å². The maximum Gasteiger partial charge on any atom is 0.230 e. The van der Waals surface area contributed by atoms with E-state index >= 15 is 0 Å². The number of carbonyl (C=O) groups is 1. The van der Waals surface area contributed by atoms with Crippen LogP contribution in [0.2, 0.25) is 0 Å². The fourth-order valence-electron chi connectivity index (χ4n) is 2.51. The first kappa shape index (κ1) is 17.7. The van der Waals surface area contributed by atoms with Gasteiger partial charge in [-0.25, -0.2) is 17.5 Å². The van der Waals surface area contributed by atoms with Crippen LogP contribution in [-0.4, -0.2) is 52.5 Å². The van der Waals surface area contributed by atoms with Crippen LogP contribution in [0.15, 0.2) is 29.4 Å². The number of nitrogen functional groups attached to an aromatic ring is 1. The molecular formula is C14H16FN5O3S2. The van der Waals surface area contributed by atoms with E-state index in [0.717, 1.165) is 11.8 Å². The molecule has 0 unspecified atom stereocenters. The second kappa shape index (κ2) is 7.00. The van der Waals surface area contributed by atoms with E-state index in [1.807, 2.05) is 0 Å². The van der Waals surface area contributed by atoms with Gasteiger partial charge in [-0.05, 0) is 18.6 Å². The van der Waals surface area contributed by atoms with Gasteiger partial charge in [0.1, 0.15) is 5.82 Å². The number of amides is 1. The van der Waals surface area contributed by atoms with Crippen LogP contribution < -0.4 is 11.2 Å². The summed E-state index contributed by atoms with van der Waals surface area (Å²) in [5, 5.41) is 10.8. The molecule has 1 atom stereocenters. The predicted molar refractivity (Wildman–Crippen MR) is 91.5 cm³/mol. The average Bonchev–Trinajstić information content (AvgIpc) is 3.07. The molecule has 1 fully saturated rings. The normalized spacial score (nSPS) is 19.0. The number of nitrogens with zero attached hydrogens (tertiary/aromatic N) is 3. The Labute approximate surface area is 147 Å². The fourth-order valence-corrected chi connectivity index (χ4v) is 4.85. The number of aromatic nitrogens is 3. The molecular weight excluding hydrogens is 369 g/mol. The van der Waals surface area contributed by atoms with Crippen LogP contribution in [0.1, 0.15) is 6.42 Å². The molecule has 0 radical (unpaired) electrons. The summed E-state index contributed by atoms with van der Waals surface area (Å²) >= 11 is 1.07. The van der Waals surface area contributed by atoms with Crippen molar-refractivity contribution in [2.45, 2.75) is 17.6 Å². The molecule has 1 amide bonds. The number of carbonyl (C=O) groups excluding carboxylic acids is 1. The monoisotopic (exact) mass is 385 g/mol. The predicted octanol–water partition coefficient (Wildman–Crippen LogP) is 0.193. The Morgan fingerprint density at radius 2 is 2.24 bits per heavy atom. The molecule has 0 spiro atoms. The molecule has 1 aliphatic rings. The molecule has 3 rings (SSSR count). The highest BCUT2D eigenvalue weighted by molar-refractivity contribution is 7.99. The Bertz CT molecular complexity index is 900. The zero-order valence-electron chi connectivity index (χ0n) is 13.1. The van der Waals surface area contributed by atoms with Crippen LogP contribution in [0.5, 0.6) is 0 Å². The molecule has 0 aliphatic carbocycles. The lowest BCUT2D eigenvalue weighted by atomic mass is 10.2. The molecule has 1 aliphatic heterocycles. The number of benzene rings is 1. The van der Waals surface area contributed by atoms with Crippen LogP contribution in [0.3, 0.4) is 0 Å². The van der Waals surface area contributed by atoms with Crippen molar-refractivity contribution < 1.29 is 17.6 Å². The third-order valence-corrected chi connectivity index (χ3v) is 6.39. The van der Waals surface area contributed by atoms with Gasteiger partial charge in [-0.2, -0.15) is 0 Å². The van der Waals surface area contributed by atoms with Gasteiger partial charge in [0, 0.05) is 11.6 Å². The SMILES string of the molecule is Nn1c(SCC(=O)N[C@@H]2CCS(=O)(=O)C2)nnc1-c1cccc(F)c1. The summed E-state index contributed by atoms with van der Waals surface area (Å²) in [6, 6.07) is 5.43. The van der Waals surface area contributed by atoms with Crippen molar-refractivity contribution in [3.8, 4) is 11.4 Å². The van der Waals surface area contributed by atoms with Gasteiger partial charge in [0.05, 0.1) is 17.3 Å². The van der Waals surface area contributed by atoms with Crippen LogP contribution >= 0.6 is 11.8 Å². The van der Waals surface area contributed by atoms with Gasteiger partial charge in [0.25, 0.3) is 0 Å².